The maximum atomic E-state index is 11.3. The molecule has 0 aliphatic carbocycles. The maximum absolute atomic E-state index is 11.3. The molecule has 88 valence electrons. The van der Waals surface area contributed by atoms with Gasteiger partial charge in [0.25, 0.3) is 5.91 Å². The summed E-state index contributed by atoms with van der Waals surface area (Å²) in [5, 5.41) is 0. The van der Waals surface area contributed by atoms with Crippen LogP contribution in [0.2, 0.25) is 0 Å². The molecule has 0 bridgehead atoms. The van der Waals surface area contributed by atoms with Gasteiger partial charge in [-0.15, -0.1) is 6.42 Å². The molecule has 17 heavy (non-hydrogen) atoms. The van der Waals surface area contributed by atoms with Crippen LogP contribution in [0.4, 0.5) is 0 Å². The Balaban J connectivity index is 1.84. The van der Waals surface area contributed by atoms with Crippen LogP contribution in [0.5, 0.6) is 0 Å². The number of terminal acetylenes is 1. The van der Waals surface area contributed by atoms with Crippen molar-refractivity contribution in [1.29, 1.82) is 0 Å². The summed E-state index contributed by atoms with van der Waals surface area (Å²) in [4.78, 5) is 15.4. The normalized spacial score (nSPS) is 16.5. The first-order valence-electron chi connectivity index (χ1n) is 5.81. The molecule has 2 rings (SSSR count). The molecule has 3 nitrogen and oxygen atoms in total. The number of rotatable bonds is 2. The van der Waals surface area contributed by atoms with E-state index < -0.39 is 0 Å². The van der Waals surface area contributed by atoms with E-state index >= 15 is 0 Å². The third kappa shape index (κ3) is 3.08. The molecule has 0 unspecified atom stereocenters. The first kappa shape index (κ1) is 11.7. The molecule has 1 saturated heterocycles. The summed E-state index contributed by atoms with van der Waals surface area (Å²) in [5.41, 5.74) is 1.31. The molecule has 1 amide bonds. The maximum Gasteiger partial charge on any atom is 0.298 e. The van der Waals surface area contributed by atoms with Gasteiger partial charge in [-0.3, -0.25) is 9.69 Å². The third-order valence-corrected chi connectivity index (χ3v) is 3.03. The SMILES string of the molecule is C#CC(=O)N1CCN(Cc2ccccc2)CC1. The Morgan fingerprint density at radius 3 is 2.41 bits per heavy atom. The van der Waals surface area contributed by atoms with Gasteiger partial charge in [-0.05, 0) is 11.5 Å². The largest absolute Gasteiger partial charge is 0.329 e. The lowest BCUT2D eigenvalue weighted by molar-refractivity contribution is -0.126. The number of hydrogen-bond donors (Lipinski definition) is 0. The molecule has 1 aromatic carbocycles. The van der Waals surface area contributed by atoms with Crippen LogP contribution in [0.3, 0.4) is 0 Å². The van der Waals surface area contributed by atoms with E-state index in [0.717, 1.165) is 32.7 Å². The quantitative estimate of drug-likeness (QED) is 0.704. The van der Waals surface area contributed by atoms with E-state index in [0.29, 0.717) is 0 Å². The van der Waals surface area contributed by atoms with Gasteiger partial charge in [0.05, 0.1) is 0 Å². The molecule has 0 spiro atoms. The van der Waals surface area contributed by atoms with Crippen LogP contribution in [-0.2, 0) is 11.3 Å². The highest BCUT2D eigenvalue weighted by Crippen LogP contribution is 2.08. The summed E-state index contributed by atoms with van der Waals surface area (Å²) in [5.74, 6) is 1.98. The zero-order valence-corrected chi connectivity index (χ0v) is 9.80. The van der Waals surface area contributed by atoms with Crippen LogP contribution >= 0.6 is 0 Å². The van der Waals surface area contributed by atoms with E-state index in [9.17, 15) is 4.79 Å². The molecule has 0 atom stereocenters. The summed E-state index contributed by atoms with van der Waals surface area (Å²) < 4.78 is 0. The van der Waals surface area contributed by atoms with Crippen LogP contribution in [0.1, 0.15) is 5.56 Å². The minimum atomic E-state index is -0.190. The zero-order valence-electron chi connectivity index (χ0n) is 9.80. The van der Waals surface area contributed by atoms with Crippen molar-refractivity contribution >= 4 is 5.91 Å². The van der Waals surface area contributed by atoms with Gasteiger partial charge in [0.15, 0.2) is 0 Å². The van der Waals surface area contributed by atoms with E-state index in [-0.39, 0.29) is 5.91 Å². The smallest absolute Gasteiger partial charge is 0.298 e. The number of amides is 1. The Morgan fingerprint density at radius 1 is 1.18 bits per heavy atom. The second-order valence-corrected chi connectivity index (χ2v) is 4.20. The van der Waals surface area contributed by atoms with Gasteiger partial charge in [0.1, 0.15) is 0 Å². The van der Waals surface area contributed by atoms with Crippen LogP contribution < -0.4 is 0 Å². The minimum absolute atomic E-state index is 0.190. The van der Waals surface area contributed by atoms with Gasteiger partial charge in [0.2, 0.25) is 0 Å². The van der Waals surface area contributed by atoms with Crippen molar-refractivity contribution in [3.63, 3.8) is 0 Å². The van der Waals surface area contributed by atoms with Crippen molar-refractivity contribution in [2.24, 2.45) is 0 Å². The summed E-state index contributed by atoms with van der Waals surface area (Å²) in [7, 11) is 0. The molecule has 0 N–H and O–H groups in total. The number of piperazine rings is 1. The molecule has 0 saturated carbocycles. The molecular weight excluding hydrogens is 212 g/mol. The van der Waals surface area contributed by atoms with E-state index in [4.69, 9.17) is 6.42 Å². The summed E-state index contributed by atoms with van der Waals surface area (Å²) in [6.45, 7) is 4.19. The number of nitrogens with zero attached hydrogens (tertiary/aromatic N) is 2. The summed E-state index contributed by atoms with van der Waals surface area (Å²) in [6, 6.07) is 10.4. The van der Waals surface area contributed by atoms with Gasteiger partial charge in [-0.1, -0.05) is 30.3 Å². The van der Waals surface area contributed by atoms with Crippen molar-refractivity contribution in [2.45, 2.75) is 6.54 Å². The molecule has 3 heteroatoms. The molecule has 0 aromatic heterocycles. The van der Waals surface area contributed by atoms with Gasteiger partial charge >= 0.3 is 0 Å². The monoisotopic (exact) mass is 228 g/mol. The van der Waals surface area contributed by atoms with E-state index in [1.807, 2.05) is 18.2 Å². The molecule has 1 fully saturated rings. The van der Waals surface area contributed by atoms with Crippen molar-refractivity contribution in [3.8, 4) is 12.3 Å². The Morgan fingerprint density at radius 2 is 1.82 bits per heavy atom. The highest BCUT2D eigenvalue weighted by atomic mass is 16.2. The second kappa shape index (κ2) is 5.51. The van der Waals surface area contributed by atoms with Crippen LogP contribution in [0, 0.1) is 12.3 Å². The van der Waals surface area contributed by atoms with Gasteiger partial charge in [-0.2, -0.15) is 0 Å². The molecule has 1 aliphatic rings. The number of carbonyl (C=O) groups excluding carboxylic acids is 1. The Kier molecular flexibility index (Phi) is 3.79. The topological polar surface area (TPSA) is 23.6 Å². The highest BCUT2D eigenvalue weighted by molar-refractivity contribution is 5.92. The van der Waals surface area contributed by atoms with Crippen LogP contribution in [0.25, 0.3) is 0 Å². The predicted octanol–water partition coefficient (Wildman–Crippen LogP) is 0.964. The first-order valence-corrected chi connectivity index (χ1v) is 5.81. The zero-order chi connectivity index (χ0) is 12.1. The lowest BCUT2D eigenvalue weighted by Gasteiger charge is -2.33. The summed E-state index contributed by atoms with van der Waals surface area (Å²) >= 11 is 0. The van der Waals surface area contributed by atoms with E-state index in [1.54, 1.807) is 4.90 Å². The molecule has 1 heterocycles. The van der Waals surface area contributed by atoms with Crippen molar-refractivity contribution in [3.05, 3.63) is 35.9 Å². The van der Waals surface area contributed by atoms with Gasteiger partial charge < -0.3 is 4.90 Å². The van der Waals surface area contributed by atoms with Crippen LogP contribution in [0.15, 0.2) is 30.3 Å². The first-order chi connectivity index (χ1) is 8.29. The predicted molar refractivity (Wildman–Crippen MR) is 67.1 cm³/mol. The lowest BCUT2D eigenvalue weighted by atomic mass is 10.2. The third-order valence-electron chi connectivity index (χ3n) is 3.03. The average Bonchev–Trinajstić information content (AvgIpc) is 2.40. The van der Waals surface area contributed by atoms with Crippen molar-refractivity contribution < 1.29 is 4.79 Å². The van der Waals surface area contributed by atoms with E-state index in [1.165, 1.54) is 5.56 Å². The Bertz CT molecular complexity index is 414. The fourth-order valence-corrected chi connectivity index (χ4v) is 2.04. The number of hydrogen-bond acceptors (Lipinski definition) is 2. The minimum Gasteiger partial charge on any atom is -0.329 e. The van der Waals surface area contributed by atoms with Crippen molar-refractivity contribution in [2.75, 3.05) is 26.2 Å². The highest BCUT2D eigenvalue weighted by Gasteiger charge is 2.19. The average molecular weight is 228 g/mol. The fraction of sp³-hybridized carbons (Fsp3) is 0.357. The Labute approximate surface area is 102 Å². The van der Waals surface area contributed by atoms with Gasteiger partial charge in [0, 0.05) is 32.7 Å². The molecular formula is C14H16N2O. The van der Waals surface area contributed by atoms with Gasteiger partial charge in [-0.25, -0.2) is 0 Å². The van der Waals surface area contributed by atoms with E-state index in [2.05, 4.69) is 23.0 Å². The number of benzene rings is 1. The molecule has 1 aliphatic heterocycles. The number of carbonyl (C=O) groups is 1. The molecule has 0 radical (unpaired) electrons. The Hall–Kier alpha value is -1.79. The van der Waals surface area contributed by atoms with Crippen molar-refractivity contribution in [1.82, 2.24) is 9.80 Å². The summed E-state index contributed by atoms with van der Waals surface area (Å²) in [6.07, 6.45) is 5.11. The molecule has 1 aromatic rings. The second-order valence-electron chi connectivity index (χ2n) is 4.20. The van der Waals surface area contributed by atoms with Crippen LogP contribution in [-0.4, -0.2) is 41.9 Å². The lowest BCUT2D eigenvalue weighted by Crippen LogP contribution is -2.47. The fourth-order valence-electron chi connectivity index (χ4n) is 2.04. The standard InChI is InChI=1S/C14H16N2O/c1-2-14(17)16-10-8-15(9-11-16)12-13-6-4-3-5-7-13/h1,3-7H,8-12H2.